The van der Waals surface area contributed by atoms with Gasteiger partial charge in [0, 0.05) is 12.5 Å². The number of aliphatic hydroxyl groups is 2. The minimum Gasteiger partial charge on any atom is -0.495 e. The molecule has 6 nitrogen and oxygen atoms in total. The summed E-state index contributed by atoms with van der Waals surface area (Å²) in [5, 5.41) is 23.8. The van der Waals surface area contributed by atoms with Crippen molar-refractivity contribution in [1.82, 2.24) is 5.32 Å². The van der Waals surface area contributed by atoms with Gasteiger partial charge in [-0.2, -0.15) is 0 Å². The Hall–Kier alpha value is -3.06. The summed E-state index contributed by atoms with van der Waals surface area (Å²) in [6.07, 6.45) is -2.63. The highest BCUT2D eigenvalue weighted by Crippen LogP contribution is 2.44. The Labute approximate surface area is 197 Å². The van der Waals surface area contributed by atoms with E-state index in [4.69, 9.17) is 21.1 Å². The van der Waals surface area contributed by atoms with E-state index in [1.807, 2.05) is 24.3 Å². The maximum Gasteiger partial charge on any atom is 0.407 e. The van der Waals surface area contributed by atoms with Crippen molar-refractivity contribution in [2.45, 2.75) is 24.5 Å². The van der Waals surface area contributed by atoms with Gasteiger partial charge in [-0.15, -0.1) is 0 Å². The first-order valence-corrected chi connectivity index (χ1v) is 11.2. The predicted molar refractivity (Wildman–Crippen MR) is 127 cm³/mol. The molecule has 1 amide bonds. The Kier molecular flexibility index (Phi) is 7.18. The Morgan fingerprint density at radius 3 is 2.30 bits per heavy atom. The fraction of sp³-hybridized carbons (Fsp3) is 0.269. The third-order valence-corrected chi connectivity index (χ3v) is 6.25. The standard InChI is InChI=1S/C26H26ClNO5/c1-32-24-14-16(10-11-22(24)27)25(30)23(29)12-13-28-26(31)33-15-21-19-8-4-2-6-17(19)18-7-3-5-9-20(18)21/h2-11,14,21,23,25,29-30H,12-13,15H2,1H3,(H,28,31). The molecule has 0 spiro atoms. The Morgan fingerprint density at radius 1 is 1.03 bits per heavy atom. The molecule has 2 unspecified atom stereocenters. The normalized spacial score (nSPS) is 14.2. The molecule has 0 heterocycles. The van der Waals surface area contributed by atoms with Crippen LogP contribution in [0.2, 0.25) is 5.02 Å². The molecule has 33 heavy (non-hydrogen) atoms. The van der Waals surface area contributed by atoms with Crippen molar-refractivity contribution in [3.8, 4) is 16.9 Å². The summed E-state index contributed by atoms with van der Waals surface area (Å²) in [6, 6.07) is 21.1. The smallest absolute Gasteiger partial charge is 0.407 e. The van der Waals surface area contributed by atoms with Crippen LogP contribution in [0.4, 0.5) is 4.79 Å². The number of hydrogen-bond acceptors (Lipinski definition) is 5. The number of halogens is 1. The minimum absolute atomic E-state index is 0.0181. The molecule has 1 aliphatic rings. The van der Waals surface area contributed by atoms with E-state index in [1.54, 1.807) is 18.2 Å². The molecule has 0 saturated heterocycles. The van der Waals surface area contributed by atoms with E-state index < -0.39 is 18.3 Å². The van der Waals surface area contributed by atoms with Gasteiger partial charge in [-0.05, 0) is 46.4 Å². The summed E-state index contributed by atoms with van der Waals surface area (Å²) in [6.45, 7) is 0.370. The molecule has 172 valence electrons. The van der Waals surface area contributed by atoms with Crippen LogP contribution in [0.25, 0.3) is 11.1 Å². The highest BCUT2D eigenvalue weighted by molar-refractivity contribution is 6.32. The van der Waals surface area contributed by atoms with Crippen molar-refractivity contribution in [2.24, 2.45) is 0 Å². The molecule has 0 saturated carbocycles. The van der Waals surface area contributed by atoms with Crippen LogP contribution in [0.5, 0.6) is 5.75 Å². The molecule has 0 fully saturated rings. The van der Waals surface area contributed by atoms with Crippen molar-refractivity contribution >= 4 is 17.7 Å². The Bertz CT molecular complexity index is 1090. The van der Waals surface area contributed by atoms with Gasteiger partial charge in [-0.3, -0.25) is 0 Å². The Morgan fingerprint density at radius 2 is 1.67 bits per heavy atom. The van der Waals surface area contributed by atoms with Gasteiger partial charge in [0.05, 0.1) is 18.2 Å². The summed E-state index contributed by atoms with van der Waals surface area (Å²) in [4.78, 5) is 12.3. The number of aliphatic hydroxyl groups excluding tert-OH is 2. The molecule has 4 rings (SSSR count). The summed E-state index contributed by atoms with van der Waals surface area (Å²) < 4.78 is 10.6. The van der Waals surface area contributed by atoms with Crippen LogP contribution < -0.4 is 10.1 Å². The topological polar surface area (TPSA) is 88.0 Å². The second kappa shape index (κ2) is 10.3. The van der Waals surface area contributed by atoms with Gasteiger partial charge < -0.3 is 25.0 Å². The first-order chi connectivity index (χ1) is 16.0. The van der Waals surface area contributed by atoms with Gasteiger partial charge in [0.25, 0.3) is 0 Å². The number of methoxy groups -OCH3 is 1. The number of benzene rings is 3. The third-order valence-electron chi connectivity index (χ3n) is 5.93. The van der Waals surface area contributed by atoms with Gasteiger partial charge in [-0.25, -0.2) is 4.79 Å². The van der Waals surface area contributed by atoms with Crippen molar-refractivity contribution in [3.05, 3.63) is 88.4 Å². The largest absolute Gasteiger partial charge is 0.495 e. The van der Waals surface area contributed by atoms with Crippen LogP contribution in [-0.4, -0.2) is 42.7 Å². The number of amides is 1. The lowest BCUT2D eigenvalue weighted by molar-refractivity contribution is 0.0136. The van der Waals surface area contributed by atoms with Crippen molar-refractivity contribution in [2.75, 3.05) is 20.3 Å². The molecule has 3 aromatic carbocycles. The zero-order valence-corrected chi connectivity index (χ0v) is 19.0. The van der Waals surface area contributed by atoms with Gasteiger partial charge in [0.2, 0.25) is 0 Å². The van der Waals surface area contributed by atoms with Gasteiger partial charge in [0.15, 0.2) is 0 Å². The van der Waals surface area contributed by atoms with E-state index in [1.165, 1.54) is 7.11 Å². The number of alkyl carbamates (subject to hydrolysis) is 1. The maximum absolute atomic E-state index is 12.3. The highest BCUT2D eigenvalue weighted by Gasteiger charge is 2.29. The predicted octanol–water partition coefficient (Wildman–Crippen LogP) is 4.67. The minimum atomic E-state index is -1.14. The van der Waals surface area contributed by atoms with Crippen LogP contribution in [0, 0.1) is 0 Å². The van der Waals surface area contributed by atoms with E-state index in [-0.39, 0.29) is 25.5 Å². The average molecular weight is 468 g/mol. The number of hydrogen-bond donors (Lipinski definition) is 3. The molecule has 3 N–H and O–H groups in total. The number of fused-ring (bicyclic) bond motifs is 3. The summed E-state index contributed by atoms with van der Waals surface area (Å²) >= 11 is 6.00. The first kappa shape index (κ1) is 23.1. The number of rotatable bonds is 8. The zero-order valence-electron chi connectivity index (χ0n) is 18.2. The van der Waals surface area contributed by atoms with E-state index in [9.17, 15) is 15.0 Å². The van der Waals surface area contributed by atoms with Crippen LogP contribution in [0.15, 0.2) is 66.7 Å². The van der Waals surface area contributed by atoms with Crippen LogP contribution >= 0.6 is 11.6 Å². The fourth-order valence-corrected chi connectivity index (χ4v) is 4.41. The molecule has 0 radical (unpaired) electrons. The third kappa shape index (κ3) is 4.98. The lowest BCUT2D eigenvalue weighted by Crippen LogP contribution is -2.30. The average Bonchev–Trinajstić information content (AvgIpc) is 3.16. The van der Waals surface area contributed by atoms with Crippen LogP contribution in [-0.2, 0) is 4.74 Å². The first-order valence-electron chi connectivity index (χ1n) is 10.8. The molecule has 2 atom stereocenters. The van der Waals surface area contributed by atoms with Gasteiger partial charge in [0.1, 0.15) is 18.5 Å². The fourth-order valence-electron chi connectivity index (χ4n) is 4.21. The summed E-state index contributed by atoms with van der Waals surface area (Å²) in [7, 11) is 1.48. The molecular formula is C26H26ClNO5. The maximum atomic E-state index is 12.3. The van der Waals surface area contributed by atoms with E-state index in [0.717, 1.165) is 22.3 Å². The Balaban J connectivity index is 1.28. The molecule has 0 aliphatic heterocycles. The zero-order chi connectivity index (χ0) is 23.4. The summed E-state index contributed by atoms with van der Waals surface area (Å²) in [5.74, 6) is 0.396. The van der Waals surface area contributed by atoms with Gasteiger partial charge in [-0.1, -0.05) is 66.2 Å². The lowest BCUT2D eigenvalue weighted by Gasteiger charge is -2.19. The van der Waals surface area contributed by atoms with E-state index in [0.29, 0.717) is 16.3 Å². The second-order valence-corrected chi connectivity index (χ2v) is 8.35. The summed E-state index contributed by atoms with van der Waals surface area (Å²) in [5.41, 5.74) is 5.09. The van der Waals surface area contributed by atoms with Crippen molar-refractivity contribution < 1.29 is 24.5 Å². The quantitative estimate of drug-likeness (QED) is 0.448. The SMILES string of the molecule is COc1cc(C(O)C(O)CCNC(=O)OCC2c3ccccc3-c3ccccc32)ccc1Cl. The molecular weight excluding hydrogens is 442 g/mol. The van der Waals surface area contributed by atoms with Crippen LogP contribution in [0.3, 0.4) is 0 Å². The molecule has 0 bridgehead atoms. The van der Waals surface area contributed by atoms with E-state index >= 15 is 0 Å². The molecule has 7 heteroatoms. The number of ether oxygens (including phenoxy) is 2. The molecule has 1 aliphatic carbocycles. The monoisotopic (exact) mass is 467 g/mol. The highest BCUT2D eigenvalue weighted by atomic mass is 35.5. The van der Waals surface area contributed by atoms with E-state index in [2.05, 4.69) is 29.6 Å². The molecule has 3 aromatic rings. The molecule has 0 aromatic heterocycles. The van der Waals surface area contributed by atoms with Crippen molar-refractivity contribution in [3.63, 3.8) is 0 Å². The van der Waals surface area contributed by atoms with Crippen LogP contribution in [0.1, 0.15) is 35.1 Å². The number of nitrogens with one attached hydrogen (secondary N) is 1. The van der Waals surface area contributed by atoms with Gasteiger partial charge >= 0.3 is 6.09 Å². The van der Waals surface area contributed by atoms with Crippen molar-refractivity contribution in [1.29, 1.82) is 0 Å². The number of carbonyl (C=O) groups excluding carboxylic acids is 1. The number of carbonyl (C=O) groups is 1. The second-order valence-electron chi connectivity index (χ2n) is 7.95. The lowest BCUT2D eigenvalue weighted by atomic mass is 9.98.